The summed E-state index contributed by atoms with van der Waals surface area (Å²) in [5.74, 6) is 0.908. The molecule has 0 aliphatic rings. The Balaban J connectivity index is 1.81. The molecule has 0 spiro atoms. The lowest BCUT2D eigenvalue weighted by Gasteiger charge is -2.14. The Hall–Kier alpha value is -2.03. The second-order valence-corrected chi connectivity index (χ2v) is 4.67. The van der Waals surface area contributed by atoms with Gasteiger partial charge in [0.15, 0.2) is 0 Å². The molecule has 3 nitrogen and oxygen atoms in total. The van der Waals surface area contributed by atoms with Crippen molar-refractivity contribution in [2.45, 2.75) is 25.8 Å². The minimum Gasteiger partial charge on any atom is -0.497 e. The smallest absolute Gasteiger partial charge is 0.118 e. The van der Waals surface area contributed by atoms with Crippen molar-refractivity contribution >= 4 is 5.69 Å². The molecule has 3 heteroatoms. The van der Waals surface area contributed by atoms with Crippen molar-refractivity contribution in [1.82, 2.24) is 4.98 Å². The van der Waals surface area contributed by atoms with Crippen LogP contribution in [0, 0.1) is 0 Å². The molecule has 0 saturated carbocycles. The number of methoxy groups -OCH3 is 1. The molecule has 0 amide bonds. The average molecular weight is 256 g/mol. The summed E-state index contributed by atoms with van der Waals surface area (Å²) in [4.78, 5) is 4.10. The number of hydrogen-bond donors (Lipinski definition) is 1. The van der Waals surface area contributed by atoms with Crippen LogP contribution < -0.4 is 10.1 Å². The maximum absolute atomic E-state index is 5.15. The largest absolute Gasteiger partial charge is 0.497 e. The van der Waals surface area contributed by atoms with Crippen LogP contribution in [-0.4, -0.2) is 18.1 Å². The lowest BCUT2D eigenvalue weighted by Crippen LogP contribution is -2.15. The van der Waals surface area contributed by atoms with Crippen molar-refractivity contribution in [2.75, 3.05) is 12.4 Å². The van der Waals surface area contributed by atoms with Crippen molar-refractivity contribution in [1.29, 1.82) is 0 Å². The van der Waals surface area contributed by atoms with E-state index < -0.39 is 0 Å². The number of hydrogen-bond acceptors (Lipinski definition) is 3. The number of nitrogens with zero attached hydrogens (tertiary/aromatic N) is 1. The maximum atomic E-state index is 5.15. The molecule has 0 radical (unpaired) electrons. The molecule has 0 saturated heterocycles. The van der Waals surface area contributed by atoms with E-state index in [0.29, 0.717) is 6.04 Å². The Morgan fingerprint density at radius 3 is 2.63 bits per heavy atom. The van der Waals surface area contributed by atoms with Crippen molar-refractivity contribution in [3.8, 4) is 5.75 Å². The van der Waals surface area contributed by atoms with Gasteiger partial charge in [-0.1, -0.05) is 12.1 Å². The molecule has 19 heavy (non-hydrogen) atoms. The standard InChI is InChI=1S/C16H20N2O/c1-13(18-15-4-3-11-17-12-15)5-6-14-7-9-16(19-2)10-8-14/h3-4,7-13,18H,5-6H2,1-2H3. The summed E-state index contributed by atoms with van der Waals surface area (Å²) in [5, 5.41) is 3.45. The van der Waals surface area contributed by atoms with Crippen molar-refractivity contribution < 1.29 is 4.74 Å². The van der Waals surface area contributed by atoms with Gasteiger partial charge in [-0.2, -0.15) is 0 Å². The monoisotopic (exact) mass is 256 g/mol. The lowest BCUT2D eigenvalue weighted by atomic mass is 10.1. The molecule has 0 aliphatic carbocycles. The first-order chi connectivity index (χ1) is 9.28. The highest BCUT2D eigenvalue weighted by Gasteiger charge is 2.03. The summed E-state index contributed by atoms with van der Waals surface area (Å²) in [6, 6.07) is 12.7. The molecule has 1 heterocycles. The lowest BCUT2D eigenvalue weighted by molar-refractivity contribution is 0.414. The van der Waals surface area contributed by atoms with Gasteiger partial charge in [-0.15, -0.1) is 0 Å². The average Bonchev–Trinajstić information content (AvgIpc) is 2.47. The van der Waals surface area contributed by atoms with Gasteiger partial charge in [-0.25, -0.2) is 0 Å². The molecule has 0 bridgehead atoms. The number of benzene rings is 1. The molecule has 2 aromatic rings. The molecule has 1 atom stereocenters. The summed E-state index contributed by atoms with van der Waals surface area (Å²) in [5.41, 5.74) is 2.41. The van der Waals surface area contributed by atoms with E-state index in [1.165, 1.54) is 5.56 Å². The molecule has 0 fully saturated rings. The van der Waals surface area contributed by atoms with Gasteiger partial charge in [-0.05, 0) is 49.6 Å². The Morgan fingerprint density at radius 2 is 2.00 bits per heavy atom. The van der Waals surface area contributed by atoms with Gasteiger partial charge in [0, 0.05) is 18.4 Å². The van der Waals surface area contributed by atoms with Crippen LogP contribution in [0.4, 0.5) is 5.69 Å². The fourth-order valence-electron chi connectivity index (χ4n) is 1.98. The molecule has 2 rings (SSSR count). The van der Waals surface area contributed by atoms with E-state index in [9.17, 15) is 0 Å². The number of anilines is 1. The van der Waals surface area contributed by atoms with Crippen LogP contribution in [0.1, 0.15) is 18.9 Å². The molecule has 1 aromatic carbocycles. The predicted molar refractivity (Wildman–Crippen MR) is 78.6 cm³/mol. The van der Waals surface area contributed by atoms with Crippen molar-refractivity contribution in [2.24, 2.45) is 0 Å². The number of aromatic nitrogens is 1. The normalized spacial score (nSPS) is 11.9. The van der Waals surface area contributed by atoms with E-state index in [2.05, 4.69) is 29.4 Å². The Labute approximate surface area is 114 Å². The van der Waals surface area contributed by atoms with Gasteiger partial charge < -0.3 is 10.1 Å². The minimum atomic E-state index is 0.423. The second-order valence-electron chi connectivity index (χ2n) is 4.67. The molecule has 1 unspecified atom stereocenters. The zero-order valence-corrected chi connectivity index (χ0v) is 11.5. The van der Waals surface area contributed by atoms with Crippen molar-refractivity contribution in [3.63, 3.8) is 0 Å². The zero-order valence-electron chi connectivity index (χ0n) is 11.5. The van der Waals surface area contributed by atoms with E-state index in [1.807, 2.05) is 30.5 Å². The van der Waals surface area contributed by atoms with Crippen LogP contribution in [0.3, 0.4) is 0 Å². The molecule has 1 N–H and O–H groups in total. The van der Waals surface area contributed by atoms with Gasteiger partial charge >= 0.3 is 0 Å². The maximum Gasteiger partial charge on any atom is 0.118 e. The van der Waals surface area contributed by atoms with Crippen LogP contribution in [0.25, 0.3) is 0 Å². The number of aryl methyl sites for hydroxylation is 1. The summed E-state index contributed by atoms with van der Waals surface area (Å²) < 4.78 is 5.15. The zero-order chi connectivity index (χ0) is 13.5. The van der Waals surface area contributed by atoms with Crippen LogP contribution >= 0.6 is 0 Å². The fraction of sp³-hybridized carbons (Fsp3) is 0.312. The van der Waals surface area contributed by atoms with E-state index >= 15 is 0 Å². The highest BCUT2D eigenvalue weighted by atomic mass is 16.5. The summed E-state index contributed by atoms with van der Waals surface area (Å²) >= 11 is 0. The third-order valence-electron chi connectivity index (χ3n) is 3.10. The second kappa shape index (κ2) is 6.78. The van der Waals surface area contributed by atoms with Crippen LogP contribution in [0.2, 0.25) is 0 Å². The highest BCUT2D eigenvalue weighted by Crippen LogP contribution is 2.14. The number of nitrogens with one attached hydrogen (secondary N) is 1. The van der Waals surface area contributed by atoms with Crippen LogP contribution in [0.15, 0.2) is 48.8 Å². The quantitative estimate of drug-likeness (QED) is 0.858. The topological polar surface area (TPSA) is 34.1 Å². The highest BCUT2D eigenvalue weighted by molar-refractivity contribution is 5.40. The Kier molecular flexibility index (Phi) is 4.78. The van der Waals surface area contributed by atoms with E-state index in [4.69, 9.17) is 4.74 Å². The first kappa shape index (κ1) is 13.4. The van der Waals surface area contributed by atoms with Gasteiger partial charge in [0.1, 0.15) is 5.75 Å². The first-order valence-electron chi connectivity index (χ1n) is 6.57. The molecule has 100 valence electrons. The third kappa shape index (κ3) is 4.28. The number of pyridine rings is 1. The van der Waals surface area contributed by atoms with Gasteiger partial charge in [0.25, 0.3) is 0 Å². The minimum absolute atomic E-state index is 0.423. The Morgan fingerprint density at radius 1 is 1.21 bits per heavy atom. The first-order valence-corrected chi connectivity index (χ1v) is 6.57. The van der Waals surface area contributed by atoms with Crippen LogP contribution in [0.5, 0.6) is 5.75 Å². The van der Waals surface area contributed by atoms with Gasteiger partial charge in [0.2, 0.25) is 0 Å². The summed E-state index contributed by atoms with van der Waals surface area (Å²) in [6.45, 7) is 2.19. The predicted octanol–water partition coefficient (Wildman–Crippen LogP) is 3.52. The third-order valence-corrected chi connectivity index (χ3v) is 3.10. The fourth-order valence-corrected chi connectivity index (χ4v) is 1.98. The van der Waals surface area contributed by atoms with E-state index in [1.54, 1.807) is 13.3 Å². The number of ether oxygens (including phenoxy) is 1. The van der Waals surface area contributed by atoms with E-state index in [-0.39, 0.29) is 0 Å². The molecular weight excluding hydrogens is 236 g/mol. The Bertz CT molecular complexity index is 482. The molecule has 1 aromatic heterocycles. The van der Waals surface area contributed by atoms with Crippen molar-refractivity contribution in [3.05, 3.63) is 54.4 Å². The van der Waals surface area contributed by atoms with Gasteiger partial charge in [-0.3, -0.25) is 4.98 Å². The number of rotatable bonds is 6. The molecular formula is C16H20N2O. The SMILES string of the molecule is COc1ccc(CCC(C)Nc2cccnc2)cc1. The summed E-state index contributed by atoms with van der Waals surface area (Å²) in [6.07, 6.45) is 5.77. The molecule has 0 aliphatic heterocycles. The van der Waals surface area contributed by atoms with Crippen LogP contribution in [-0.2, 0) is 6.42 Å². The summed E-state index contributed by atoms with van der Waals surface area (Å²) in [7, 11) is 1.69. The van der Waals surface area contributed by atoms with E-state index in [0.717, 1.165) is 24.3 Å². The van der Waals surface area contributed by atoms with Gasteiger partial charge in [0.05, 0.1) is 12.8 Å².